The maximum atomic E-state index is 5.79. The Morgan fingerprint density at radius 2 is 2.39 bits per heavy atom. The number of hydrogen-bond acceptors (Lipinski definition) is 3. The number of anilines is 1. The maximum absolute atomic E-state index is 5.79. The number of nitrogens with one attached hydrogen (secondary N) is 1. The fraction of sp³-hybridized carbons (Fsp3) is 0.786. The largest absolute Gasteiger partial charge is 0.373 e. The van der Waals surface area contributed by atoms with Crippen LogP contribution in [0.15, 0.2) is 6.20 Å². The van der Waals surface area contributed by atoms with Crippen molar-refractivity contribution < 1.29 is 4.74 Å². The lowest BCUT2D eigenvalue weighted by atomic mass is 10.0. The lowest BCUT2D eigenvalue weighted by Crippen LogP contribution is -2.33. The molecule has 0 spiro atoms. The van der Waals surface area contributed by atoms with E-state index < -0.39 is 0 Å². The van der Waals surface area contributed by atoms with E-state index in [2.05, 4.69) is 34.9 Å². The van der Waals surface area contributed by atoms with Gasteiger partial charge in [-0.25, -0.2) is 4.98 Å². The van der Waals surface area contributed by atoms with Crippen molar-refractivity contribution in [3.8, 4) is 0 Å². The molecule has 1 unspecified atom stereocenters. The van der Waals surface area contributed by atoms with E-state index in [9.17, 15) is 0 Å². The lowest BCUT2D eigenvalue weighted by Gasteiger charge is -2.23. The standard InChI is InChI=1S/C14H25N3O/c1-4-5-8-17-10-12(2)16-13(17)15-11-14(3)7-6-9-18-14/h10H,4-9,11H2,1-3H3,(H,15,16). The summed E-state index contributed by atoms with van der Waals surface area (Å²) in [6.07, 6.45) is 6.82. The van der Waals surface area contributed by atoms with E-state index in [1.165, 1.54) is 19.3 Å². The van der Waals surface area contributed by atoms with Crippen molar-refractivity contribution in [1.82, 2.24) is 9.55 Å². The maximum Gasteiger partial charge on any atom is 0.203 e. The SMILES string of the molecule is CCCCn1cc(C)nc1NCC1(C)CCCO1. The van der Waals surface area contributed by atoms with Gasteiger partial charge in [0.2, 0.25) is 5.95 Å². The summed E-state index contributed by atoms with van der Waals surface area (Å²) in [4.78, 5) is 4.55. The molecule has 1 aromatic heterocycles. The minimum atomic E-state index is -0.0184. The molecule has 0 amide bonds. The van der Waals surface area contributed by atoms with Gasteiger partial charge in [0, 0.05) is 25.9 Å². The molecule has 0 aliphatic carbocycles. The Hall–Kier alpha value is -1.03. The number of ether oxygens (including phenoxy) is 1. The molecular weight excluding hydrogens is 226 g/mol. The molecule has 102 valence electrons. The van der Waals surface area contributed by atoms with Crippen LogP contribution in [-0.2, 0) is 11.3 Å². The summed E-state index contributed by atoms with van der Waals surface area (Å²) in [6, 6.07) is 0. The van der Waals surface area contributed by atoms with E-state index in [-0.39, 0.29) is 5.60 Å². The van der Waals surface area contributed by atoms with Crippen molar-refractivity contribution in [1.29, 1.82) is 0 Å². The van der Waals surface area contributed by atoms with E-state index in [0.29, 0.717) is 0 Å². The summed E-state index contributed by atoms with van der Waals surface area (Å²) in [5, 5.41) is 3.45. The molecule has 0 bridgehead atoms. The van der Waals surface area contributed by atoms with Gasteiger partial charge in [-0.15, -0.1) is 0 Å². The average molecular weight is 251 g/mol. The topological polar surface area (TPSA) is 39.1 Å². The molecule has 0 radical (unpaired) electrons. The Labute approximate surface area is 110 Å². The van der Waals surface area contributed by atoms with Gasteiger partial charge in [-0.05, 0) is 33.1 Å². The van der Waals surface area contributed by atoms with Gasteiger partial charge in [-0.3, -0.25) is 0 Å². The lowest BCUT2D eigenvalue weighted by molar-refractivity contribution is 0.0313. The highest BCUT2D eigenvalue weighted by Gasteiger charge is 2.29. The summed E-state index contributed by atoms with van der Waals surface area (Å²) in [7, 11) is 0. The van der Waals surface area contributed by atoms with Crippen LogP contribution in [0, 0.1) is 6.92 Å². The monoisotopic (exact) mass is 251 g/mol. The second-order valence-corrected chi connectivity index (χ2v) is 5.51. The quantitative estimate of drug-likeness (QED) is 0.845. The Bertz CT molecular complexity index is 380. The average Bonchev–Trinajstić information content (AvgIpc) is 2.91. The highest BCUT2D eigenvalue weighted by Crippen LogP contribution is 2.25. The molecule has 1 N–H and O–H groups in total. The molecular formula is C14H25N3O. The highest BCUT2D eigenvalue weighted by molar-refractivity contribution is 5.29. The first-order valence-corrected chi connectivity index (χ1v) is 7.04. The third-order valence-electron chi connectivity index (χ3n) is 3.57. The first kappa shape index (κ1) is 13.4. The normalized spacial score (nSPS) is 23.5. The van der Waals surface area contributed by atoms with E-state index in [0.717, 1.165) is 37.8 Å². The van der Waals surface area contributed by atoms with Crippen molar-refractivity contribution in [3.63, 3.8) is 0 Å². The molecule has 1 aromatic rings. The second-order valence-electron chi connectivity index (χ2n) is 5.51. The number of hydrogen-bond donors (Lipinski definition) is 1. The second kappa shape index (κ2) is 5.74. The zero-order valence-corrected chi connectivity index (χ0v) is 11.8. The summed E-state index contributed by atoms with van der Waals surface area (Å²) in [5.41, 5.74) is 1.06. The molecule has 1 saturated heterocycles. The van der Waals surface area contributed by atoms with Crippen molar-refractivity contribution in [2.24, 2.45) is 0 Å². The van der Waals surface area contributed by atoms with Gasteiger partial charge in [-0.1, -0.05) is 13.3 Å². The van der Waals surface area contributed by atoms with Crippen molar-refractivity contribution in [2.45, 2.75) is 58.6 Å². The Morgan fingerprint density at radius 3 is 3.06 bits per heavy atom. The van der Waals surface area contributed by atoms with E-state index >= 15 is 0 Å². The first-order chi connectivity index (χ1) is 8.63. The zero-order chi connectivity index (χ0) is 13.0. The van der Waals surface area contributed by atoms with Gasteiger partial charge >= 0.3 is 0 Å². The smallest absolute Gasteiger partial charge is 0.203 e. The highest BCUT2D eigenvalue weighted by atomic mass is 16.5. The van der Waals surface area contributed by atoms with Crippen LogP contribution in [0.1, 0.15) is 45.2 Å². The number of nitrogens with zero attached hydrogens (tertiary/aromatic N) is 2. The van der Waals surface area contributed by atoms with Crippen LogP contribution in [0.25, 0.3) is 0 Å². The number of aromatic nitrogens is 2. The summed E-state index contributed by atoms with van der Waals surface area (Å²) in [6.45, 7) is 9.21. The zero-order valence-electron chi connectivity index (χ0n) is 11.8. The molecule has 2 heterocycles. The Balaban J connectivity index is 1.95. The van der Waals surface area contributed by atoms with E-state index in [4.69, 9.17) is 4.74 Å². The first-order valence-electron chi connectivity index (χ1n) is 7.04. The molecule has 4 nitrogen and oxygen atoms in total. The number of unbranched alkanes of at least 4 members (excludes halogenated alkanes) is 1. The van der Waals surface area contributed by atoms with Crippen LogP contribution >= 0.6 is 0 Å². The number of rotatable bonds is 6. The van der Waals surface area contributed by atoms with E-state index in [1.807, 2.05) is 6.92 Å². The summed E-state index contributed by atoms with van der Waals surface area (Å²) < 4.78 is 8.01. The molecule has 0 aromatic carbocycles. The number of aryl methyl sites for hydroxylation is 2. The molecule has 18 heavy (non-hydrogen) atoms. The molecule has 0 saturated carbocycles. The number of imidazole rings is 1. The van der Waals surface area contributed by atoms with Gasteiger partial charge < -0.3 is 14.6 Å². The summed E-state index contributed by atoms with van der Waals surface area (Å²) >= 11 is 0. The van der Waals surface area contributed by atoms with Crippen LogP contribution in [0.5, 0.6) is 0 Å². The predicted octanol–water partition coefficient (Wildman–Crippen LogP) is 2.97. The van der Waals surface area contributed by atoms with Gasteiger partial charge in [0.25, 0.3) is 0 Å². The minimum Gasteiger partial charge on any atom is -0.373 e. The van der Waals surface area contributed by atoms with Crippen LogP contribution in [0.2, 0.25) is 0 Å². The molecule has 4 heteroatoms. The van der Waals surface area contributed by atoms with Crippen molar-refractivity contribution >= 4 is 5.95 Å². The van der Waals surface area contributed by atoms with E-state index in [1.54, 1.807) is 0 Å². The molecule has 1 atom stereocenters. The Morgan fingerprint density at radius 1 is 1.56 bits per heavy atom. The minimum absolute atomic E-state index is 0.0184. The predicted molar refractivity (Wildman–Crippen MR) is 74.0 cm³/mol. The third-order valence-corrected chi connectivity index (χ3v) is 3.57. The van der Waals surface area contributed by atoms with Crippen LogP contribution < -0.4 is 5.32 Å². The van der Waals surface area contributed by atoms with Gasteiger partial charge in [-0.2, -0.15) is 0 Å². The summed E-state index contributed by atoms with van der Waals surface area (Å²) in [5.74, 6) is 0.984. The van der Waals surface area contributed by atoms with Crippen molar-refractivity contribution in [3.05, 3.63) is 11.9 Å². The fourth-order valence-corrected chi connectivity index (χ4v) is 2.43. The van der Waals surface area contributed by atoms with Gasteiger partial charge in [0.05, 0.1) is 11.3 Å². The van der Waals surface area contributed by atoms with Crippen molar-refractivity contribution in [2.75, 3.05) is 18.5 Å². The van der Waals surface area contributed by atoms with Crippen LogP contribution in [-0.4, -0.2) is 28.3 Å². The van der Waals surface area contributed by atoms with Gasteiger partial charge in [0.1, 0.15) is 0 Å². The third kappa shape index (κ3) is 3.25. The molecule has 1 fully saturated rings. The van der Waals surface area contributed by atoms with Crippen LogP contribution in [0.4, 0.5) is 5.95 Å². The van der Waals surface area contributed by atoms with Gasteiger partial charge in [0.15, 0.2) is 0 Å². The Kier molecular flexibility index (Phi) is 4.27. The van der Waals surface area contributed by atoms with Crippen LogP contribution in [0.3, 0.4) is 0 Å². The molecule has 1 aliphatic heterocycles. The molecule has 2 rings (SSSR count). The fourth-order valence-electron chi connectivity index (χ4n) is 2.43. The molecule has 1 aliphatic rings.